The van der Waals surface area contributed by atoms with E-state index in [4.69, 9.17) is 11.6 Å². The third kappa shape index (κ3) is 5.16. The molecular formula is C15H20ClFN4O2. The Morgan fingerprint density at radius 1 is 1.22 bits per heavy atom. The summed E-state index contributed by atoms with van der Waals surface area (Å²) >= 11 is 6.04. The summed E-state index contributed by atoms with van der Waals surface area (Å²) in [4.78, 5) is 26.8. The molecule has 0 aliphatic carbocycles. The highest BCUT2D eigenvalue weighted by Crippen LogP contribution is 2.21. The molecule has 0 spiro atoms. The van der Waals surface area contributed by atoms with Gasteiger partial charge in [0.1, 0.15) is 5.82 Å². The average molecular weight is 343 g/mol. The summed E-state index contributed by atoms with van der Waals surface area (Å²) in [7, 11) is 1.45. The third-order valence-corrected chi connectivity index (χ3v) is 4.11. The number of carbonyl (C=O) groups is 2. The third-order valence-electron chi connectivity index (χ3n) is 3.76. The monoisotopic (exact) mass is 342 g/mol. The van der Waals surface area contributed by atoms with E-state index in [0.717, 1.165) is 0 Å². The normalized spacial score (nSPS) is 16.1. The van der Waals surface area contributed by atoms with E-state index in [2.05, 4.69) is 15.5 Å². The minimum Gasteiger partial charge on any atom is -0.341 e. The Morgan fingerprint density at radius 2 is 1.87 bits per heavy atom. The van der Waals surface area contributed by atoms with Gasteiger partial charge in [0.25, 0.3) is 0 Å². The van der Waals surface area contributed by atoms with Gasteiger partial charge in [0.15, 0.2) is 0 Å². The van der Waals surface area contributed by atoms with E-state index in [9.17, 15) is 14.0 Å². The zero-order valence-corrected chi connectivity index (χ0v) is 13.7. The highest BCUT2D eigenvalue weighted by Gasteiger charge is 2.21. The summed E-state index contributed by atoms with van der Waals surface area (Å²) in [6.07, 6.45) is 0. The van der Waals surface area contributed by atoms with Crippen molar-refractivity contribution in [2.24, 2.45) is 0 Å². The molecule has 1 aliphatic heterocycles. The lowest BCUT2D eigenvalue weighted by Crippen LogP contribution is -2.50. The van der Waals surface area contributed by atoms with Gasteiger partial charge in [0.2, 0.25) is 5.91 Å². The molecule has 2 rings (SSSR count). The number of nitrogens with zero attached hydrogens (tertiary/aromatic N) is 2. The van der Waals surface area contributed by atoms with E-state index in [-0.39, 0.29) is 18.3 Å². The summed E-state index contributed by atoms with van der Waals surface area (Å²) in [6.45, 7) is 3.38. The molecule has 2 N–H and O–H groups in total. The van der Waals surface area contributed by atoms with Crippen molar-refractivity contribution in [2.75, 3.05) is 39.8 Å². The highest BCUT2D eigenvalue weighted by molar-refractivity contribution is 6.31. The number of imide groups is 1. The van der Waals surface area contributed by atoms with Crippen LogP contribution < -0.4 is 10.6 Å². The molecule has 23 heavy (non-hydrogen) atoms. The van der Waals surface area contributed by atoms with Crippen LogP contribution in [0.3, 0.4) is 0 Å². The fourth-order valence-electron chi connectivity index (χ4n) is 2.44. The predicted octanol–water partition coefficient (Wildman–Crippen LogP) is 1.05. The predicted molar refractivity (Wildman–Crippen MR) is 85.7 cm³/mol. The molecule has 1 aliphatic rings. The lowest BCUT2D eigenvalue weighted by molar-refractivity contribution is -0.121. The Balaban J connectivity index is 1.80. The number of urea groups is 1. The zero-order chi connectivity index (χ0) is 16.8. The molecule has 6 nitrogen and oxygen atoms in total. The second kappa shape index (κ2) is 8.24. The molecule has 0 radical (unpaired) electrons. The van der Waals surface area contributed by atoms with Gasteiger partial charge in [-0.3, -0.25) is 19.9 Å². The molecule has 1 aromatic rings. The summed E-state index contributed by atoms with van der Waals surface area (Å²) in [5.74, 6) is -0.639. The fraction of sp³-hybridized carbons (Fsp3) is 0.467. The Hall–Kier alpha value is -1.70. The van der Waals surface area contributed by atoms with Crippen molar-refractivity contribution in [2.45, 2.75) is 6.54 Å². The second-order valence-corrected chi connectivity index (χ2v) is 5.79. The molecular weight excluding hydrogens is 323 g/mol. The SMILES string of the molecule is CNC(=O)NC(=O)CN1CCN(Cc2c(F)cccc2Cl)CC1. The summed E-state index contributed by atoms with van der Waals surface area (Å²) in [6, 6.07) is 4.16. The maximum Gasteiger partial charge on any atom is 0.321 e. The van der Waals surface area contributed by atoms with E-state index in [0.29, 0.717) is 43.3 Å². The van der Waals surface area contributed by atoms with Gasteiger partial charge >= 0.3 is 6.03 Å². The molecule has 126 valence electrons. The Bertz CT molecular complexity index is 556. The number of halogens is 2. The number of benzene rings is 1. The van der Waals surface area contributed by atoms with Crippen molar-refractivity contribution in [1.82, 2.24) is 20.4 Å². The van der Waals surface area contributed by atoms with Crippen LogP contribution in [0, 0.1) is 5.82 Å². The second-order valence-electron chi connectivity index (χ2n) is 5.38. The van der Waals surface area contributed by atoms with Crippen LogP contribution in [-0.4, -0.2) is 61.5 Å². The first kappa shape index (κ1) is 17.7. The number of carbonyl (C=O) groups excluding carboxylic acids is 2. The minimum atomic E-state index is -0.511. The van der Waals surface area contributed by atoms with Crippen molar-refractivity contribution in [1.29, 1.82) is 0 Å². The zero-order valence-electron chi connectivity index (χ0n) is 12.9. The van der Waals surface area contributed by atoms with Gasteiger partial charge in [-0.1, -0.05) is 17.7 Å². The lowest BCUT2D eigenvalue weighted by Gasteiger charge is -2.34. The molecule has 1 saturated heterocycles. The number of hydrogen-bond donors (Lipinski definition) is 2. The van der Waals surface area contributed by atoms with E-state index in [1.807, 2.05) is 4.90 Å². The first-order chi connectivity index (χ1) is 11.0. The van der Waals surface area contributed by atoms with Gasteiger partial charge in [-0.2, -0.15) is 0 Å². The molecule has 1 fully saturated rings. The van der Waals surface area contributed by atoms with Gasteiger partial charge in [-0.15, -0.1) is 0 Å². The smallest absolute Gasteiger partial charge is 0.321 e. The molecule has 8 heteroatoms. The number of piperazine rings is 1. The van der Waals surface area contributed by atoms with Crippen LogP contribution in [0.5, 0.6) is 0 Å². The van der Waals surface area contributed by atoms with Gasteiger partial charge in [0, 0.05) is 50.4 Å². The van der Waals surface area contributed by atoms with E-state index < -0.39 is 6.03 Å². The van der Waals surface area contributed by atoms with Crippen LogP contribution in [0.25, 0.3) is 0 Å². The van der Waals surface area contributed by atoms with Crippen molar-refractivity contribution in [3.05, 3.63) is 34.6 Å². The standard InChI is InChI=1S/C15H20ClFN4O2/c1-18-15(23)19-14(22)10-21-7-5-20(6-8-21)9-11-12(16)3-2-4-13(11)17/h2-4H,5-10H2,1H3,(H2,18,19,22,23). The van der Waals surface area contributed by atoms with Gasteiger partial charge in [-0.05, 0) is 12.1 Å². The van der Waals surface area contributed by atoms with Crippen molar-refractivity contribution >= 4 is 23.5 Å². The molecule has 0 unspecified atom stereocenters. The molecule has 0 atom stereocenters. The largest absolute Gasteiger partial charge is 0.341 e. The number of hydrogen-bond acceptors (Lipinski definition) is 4. The summed E-state index contributed by atoms with van der Waals surface area (Å²) < 4.78 is 13.8. The topological polar surface area (TPSA) is 64.7 Å². The van der Waals surface area contributed by atoms with Gasteiger partial charge in [0.05, 0.1) is 6.54 Å². The number of nitrogens with one attached hydrogen (secondary N) is 2. The van der Waals surface area contributed by atoms with Crippen LogP contribution in [0.1, 0.15) is 5.56 Å². The maximum atomic E-state index is 13.8. The van der Waals surface area contributed by atoms with E-state index >= 15 is 0 Å². The summed E-state index contributed by atoms with van der Waals surface area (Å²) in [5.41, 5.74) is 0.500. The highest BCUT2D eigenvalue weighted by atomic mass is 35.5. The molecule has 0 saturated carbocycles. The molecule has 0 aromatic heterocycles. The Labute approximate surface area is 139 Å². The molecule has 1 aromatic carbocycles. The van der Waals surface area contributed by atoms with Crippen molar-refractivity contribution in [3.8, 4) is 0 Å². The molecule has 3 amide bonds. The maximum absolute atomic E-state index is 13.8. The Morgan fingerprint density at radius 3 is 2.48 bits per heavy atom. The lowest BCUT2D eigenvalue weighted by atomic mass is 10.2. The summed E-state index contributed by atoms with van der Waals surface area (Å²) in [5, 5.41) is 4.99. The van der Waals surface area contributed by atoms with E-state index in [1.165, 1.54) is 13.1 Å². The van der Waals surface area contributed by atoms with Crippen LogP contribution in [0.2, 0.25) is 5.02 Å². The van der Waals surface area contributed by atoms with Crippen LogP contribution >= 0.6 is 11.6 Å². The van der Waals surface area contributed by atoms with Gasteiger partial charge < -0.3 is 5.32 Å². The fourth-order valence-corrected chi connectivity index (χ4v) is 2.67. The van der Waals surface area contributed by atoms with Crippen molar-refractivity contribution < 1.29 is 14.0 Å². The quantitative estimate of drug-likeness (QED) is 0.858. The minimum absolute atomic E-state index is 0.168. The van der Waals surface area contributed by atoms with Crippen LogP contribution in [0.15, 0.2) is 18.2 Å². The average Bonchev–Trinajstić information content (AvgIpc) is 2.52. The Kier molecular flexibility index (Phi) is 6.32. The number of rotatable bonds is 4. The van der Waals surface area contributed by atoms with Crippen LogP contribution in [0.4, 0.5) is 9.18 Å². The number of amides is 3. The first-order valence-corrected chi connectivity index (χ1v) is 7.76. The van der Waals surface area contributed by atoms with E-state index in [1.54, 1.807) is 12.1 Å². The van der Waals surface area contributed by atoms with Crippen molar-refractivity contribution in [3.63, 3.8) is 0 Å². The molecule has 0 bridgehead atoms. The van der Waals surface area contributed by atoms with Crippen LogP contribution in [-0.2, 0) is 11.3 Å². The van der Waals surface area contributed by atoms with Gasteiger partial charge in [-0.25, -0.2) is 9.18 Å². The first-order valence-electron chi connectivity index (χ1n) is 7.38. The molecule has 1 heterocycles.